The quantitative estimate of drug-likeness (QED) is 0.879. The summed E-state index contributed by atoms with van der Waals surface area (Å²) in [4.78, 5) is 2.41. The van der Waals surface area contributed by atoms with E-state index in [1.165, 1.54) is 11.3 Å². The van der Waals surface area contributed by atoms with Crippen LogP contribution in [0.5, 0.6) is 0 Å². The fourth-order valence-electron chi connectivity index (χ4n) is 2.85. The molecule has 0 aliphatic carbocycles. The van der Waals surface area contributed by atoms with E-state index in [1.807, 2.05) is 0 Å². The fraction of sp³-hybridized carbons (Fsp3) is 0.263. The van der Waals surface area contributed by atoms with Gasteiger partial charge in [-0.25, -0.2) is 0 Å². The summed E-state index contributed by atoms with van der Waals surface area (Å²) in [6.45, 7) is 8.28. The largest absolute Gasteiger partial charge is 0.369 e. The van der Waals surface area contributed by atoms with E-state index < -0.39 is 0 Å². The molecule has 3 heteroatoms. The molecule has 0 bridgehead atoms. The van der Waals surface area contributed by atoms with Gasteiger partial charge in [0.2, 0.25) is 0 Å². The van der Waals surface area contributed by atoms with Crippen molar-refractivity contribution in [2.45, 2.75) is 19.4 Å². The standard InChI is InChI=1S/C19H23N3/c1-15-8-10-17(11-9-15)20-16(2)21-18-12-13-22(14-18)19-6-4-3-5-7-19/h3-11,18,20-21H,2,12-14H2,1H3. The molecule has 0 aromatic heterocycles. The van der Waals surface area contributed by atoms with Gasteiger partial charge in [-0.05, 0) is 37.6 Å². The smallest absolute Gasteiger partial charge is 0.0959 e. The third kappa shape index (κ3) is 3.61. The molecule has 0 saturated carbocycles. The highest BCUT2D eigenvalue weighted by atomic mass is 15.2. The van der Waals surface area contributed by atoms with Gasteiger partial charge in [0.05, 0.1) is 5.82 Å². The highest BCUT2D eigenvalue weighted by molar-refractivity contribution is 5.49. The molecular weight excluding hydrogens is 270 g/mol. The van der Waals surface area contributed by atoms with Gasteiger partial charge in [-0.3, -0.25) is 0 Å². The van der Waals surface area contributed by atoms with Gasteiger partial charge in [0.15, 0.2) is 0 Å². The van der Waals surface area contributed by atoms with Gasteiger partial charge in [0, 0.05) is 30.5 Å². The maximum Gasteiger partial charge on any atom is 0.0959 e. The van der Waals surface area contributed by atoms with E-state index in [-0.39, 0.29) is 0 Å². The van der Waals surface area contributed by atoms with Gasteiger partial charge in [-0.1, -0.05) is 42.5 Å². The first kappa shape index (κ1) is 14.5. The van der Waals surface area contributed by atoms with Gasteiger partial charge in [-0.2, -0.15) is 0 Å². The van der Waals surface area contributed by atoms with Crippen LogP contribution in [0, 0.1) is 6.92 Å². The number of hydrogen-bond donors (Lipinski definition) is 2. The zero-order chi connectivity index (χ0) is 15.4. The summed E-state index contributed by atoms with van der Waals surface area (Å²) in [6.07, 6.45) is 1.13. The second-order valence-corrected chi connectivity index (χ2v) is 5.88. The van der Waals surface area contributed by atoms with Crippen molar-refractivity contribution in [2.75, 3.05) is 23.3 Å². The molecule has 1 saturated heterocycles. The van der Waals surface area contributed by atoms with Gasteiger partial charge in [0.25, 0.3) is 0 Å². The molecule has 3 nitrogen and oxygen atoms in total. The van der Waals surface area contributed by atoms with Gasteiger partial charge >= 0.3 is 0 Å². The first-order valence-electron chi connectivity index (χ1n) is 7.80. The lowest BCUT2D eigenvalue weighted by Crippen LogP contribution is -2.33. The highest BCUT2D eigenvalue weighted by Gasteiger charge is 2.22. The second-order valence-electron chi connectivity index (χ2n) is 5.88. The Kier molecular flexibility index (Phi) is 4.33. The first-order chi connectivity index (χ1) is 10.7. The third-order valence-electron chi connectivity index (χ3n) is 4.03. The van der Waals surface area contributed by atoms with Crippen molar-refractivity contribution in [3.05, 3.63) is 72.6 Å². The van der Waals surface area contributed by atoms with E-state index in [0.29, 0.717) is 6.04 Å². The van der Waals surface area contributed by atoms with Gasteiger partial charge in [0.1, 0.15) is 0 Å². The van der Waals surface area contributed by atoms with Crippen LogP contribution in [0.25, 0.3) is 0 Å². The number of rotatable bonds is 5. The number of hydrogen-bond acceptors (Lipinski definition) is 3. The number of benzene rings is 2. The van der Waals surface area contributed by atoms with E-state index in [1.54, 1.807) is 0 Å². The van der Waals surface area contributed by atoms with E-state index in [4.69, 9.17) is 0 Å². The summed E-state index contributed by atoms with van der Waals surface area (Å²) in [7, 11) is 0. The summed E-state index contributed by atoms with van der Waals surface area (Å²) >= 11 is 0. The molecule has 1 aliphatic heterocycles. The van der Waals surface area contributed by atoms with Gasteiger partial charge in [-0.15, -0.1) is 0 Å². The molecule has 22 heavy (non-hydrogen) atoms. The number of para-hydroxylation sites is 1. The molecule has 1 fully saturated rings. The molecule has 1 heterocycles. The zero-order valence-electron chi connectivity index (χ0n) is 13.0. The Hall–Kier alpha value is -2.42. The summed E-state index contributed by atoms with van der Waals surface area (Å²) in [6, 6.07) is 19.4. The SMILES string of the molecule is C=C(Nc1ccc(C)cc1)NC1CCN(c2ccccc2)C1. The average Bonchev–Trinajstić information content (AvgIpc) is 2.99. The van der Waals surface area contributed by atoms with Crippen LogP contribution in [0.1, 0.15) is 12.0 Å². The average molecular weight is 293 g/mol. The van der Waals surface area contributed by atoms with Crippen LogP contribution in [-0.2, 0) is 0 Å². The topological polar surface area (TPSA) is 27.3 Å². The molecule has 0 spiro atoms. The Bertz CT molecular complexity index is 619. The Morgan fingerprint density at radius 3 is 2.55 bits per heavy atom. The molecule has 1 aliphatic rings. The van der Waals surface area contributed by atoms with E-state index in [9.17, 15) is 0 Å². The highest BCUT2D eigenvalue weighted by Crippen LogP contribution is 2.20. The zero-order valence-corrected chi connectivity index (χ0v) is 13.0. The number of nitrogens with one attached hydrogen (secondary N) is 2. The second kappa shape index (κ2) is 6.56. The van der Waals surface area contributed by atoms with Crippen molar-refractivity contribution in [3.63, 3.8) is 0 Å². The molecule has 2 aromatic carbocycles. The van der Waals surface area contributed by atoms with E-state index >= 15 is 0 Å². The molecule has 1 unspecified atom stereocenters. The molecule has 114 valence electrons. The predicted octanol–water partition coefficient (Wildman–Crippen LogP) is 3.75. The van der Waals surface area contributed by atoms with Crippen LogP contribution >= 0.6 is 0 Å². The molecule has 0 radical (unpaired) electrons. The predicted molar refractivity (Wildman–Crippen MR) is 94.1 cm³/mol. The molecule has 2 N–H and O–H groups in total. The maximum absolute atomic E-state index is 4.09. The third-order valence-corrected chi connectivity index (χ3v) is 4.03. The minimum absolute atomic E-state index is 0.436. The van der Waals surface area contributed by atoms with Crippen molar-refractivity contribution in [1.82, 2.24) is 5.32 Å². The maximum atomic E-state index is 4.09. The van der Waals surface area contributed by atoms with E-state index in [0.717, 1.165) is 31.0 Å². The monoisotopic (exact) mass is 293 g/mol. The van der Waals surface area contributed by atoms with Crippen LogP contribution in [0.2, 0.25) is 0 Å². The summed E-state index contributed by atoms with van der Waals surface area (Å²) in [5.74, 6) is 0.865. The van der Waals surface area contributed by atoms with Crippen molar-refractivity contribution in [2.24, 2.45) is 0 Å². The van der Waals surface area contributed by atoms with Crippen LogP contribution < -0.4 is 15.5 Å². The molecule has 1 atom stereocenters. The van der Waals surface area contributed by atoms with Crippen molar-refractivity contribution in [3.8, 4) is 0 Å². The normalized spacial score (nSPS) is 17.3. The summed E-state index contributed by atoms with van der Waals surface area (Å²) in [5, 5.41) is 6.82. The summed E-state index contributed by atoms with van der Waals surface area (Å²) in [5.41, 5.74) is 3.63. The lowest BCUT2D eigenvalue weighted by molar-refractivity contribution is 0.623. The molecule has 0 amide bonds. The fourth-order valence-corrected chi connectivity index (χ4v) is 2.85. The van der Waals surface area contributed by atoms with Crippen molar-refractivity contribution < 1.29 is 0 Å². The molecule has 3 rings (SSSR count). The minimum atomic E-state index is 0.436. The lowest BCUT2D eigenvalue weighted by atomic mass is 10.2. The Morgan fingerprint density at radius 2 is 1.82 bits per heavy atom. The van der Waals surface area contributed by atoms with Crippen molar-refractivity contribution >= 4 is 11.4 Å². The Labute approximate surface area is 132 Å². The van der Waals surface area contributed by atoms with Crippen LogP contribution in [0.15, 0.2) is 67.0 Å². The number of anilines is 2. The van der Waals surface area contributed by atoms with Crippen LogP contribution in [-0.4, -0.2) is 19.1 Å². The molecule has 2 aromatic rings. The summed E-state index contributed by atoms with van der Waals surface area (Å²) < 4.78 is 0. The van der Waals surface area contributed by atoms with Crippen LogP contribution in [0.4, 0.5) is 11.4 Å². The Morgan fingerprint density at radius 1 is 1.09 bits per heavy atom. The minimum Gasteiger partial charge on any atom is -0.369 e. The van der Waals surface area contributed by atoms with E-state index in [2.05, 4.69) is 83.6 Å². The number of aryl methyl sites for hydroxylation is 1. The van der Waals surface area contributed by atoms with Crippen molar-refractivity contribution in [1.29, 1.82) is 0 Å². The number of nitrogens with zero attached hydrogens (tertiary/aromatic N) is 1. The molecular formula is C19H23N3. The van der Waals surface area contributed by atoms with Crippen LogP contribution in [0.3, 0.4) is 0 Å². The first-order valence-corrected chi connectivity index (χ1v) is 7.80. The lowest BCUT2D eigenvalue weighted by Gasteiger charge is -2.20. The Balaban J connectivity index is 1.51. The van der Waals surface area contributed by atoms with Gasteiger partial charge < -0.3 is 15.5 Å².